The van der Waals surface area contributed by atoms with Crippen molar-refractivity contribution < 1.29 is 0 Å². The van der Waals surface area contributed by atoms with Crippen LogP contribution in [0.15, 0.2) is 12.4 Å². The fraction of sp³-hybridized carbons (Fsp3) is 0.583. The van der Waals surface area contributed by atoms with Gasteiger partial charge in [-0.3, -0.25) is 0 Å². The Balaban J connectivity index is 2.84. The SMILES string of the molecule is CCC(CC)C(C)Nc1nccnc1C(N)=S. The molecule has 4 nitrogen and oxygen atoms in total. The lowest BCUT2D eigenvalue weighted by Gasteiger charge is -2.23. The minimum absolute atomic E-state index is 0.275. The number of nitrogens with one attached hydrogen (secondary N) is 1. The Kier molecular flexibility index (Phi) is 5.28. The molecule has 3 N–H and O–H groups in total. The molecule has 0 fully saturated rings. The van der Waals surface area contributed by atoms with E-state index in [4.69, 9.17) is 18.0 Å². The van der Waals surface area contributed by atoms with Gasteiger partial charge in [-0.2, -0.15) is 0 Å². The summed E-state index contributed by atoms with van der Waals surface area (Å²) >= 11 is 4.96. The Hall–Kier alpha value is -1.23. The van der Waals surface area contributed by atoms with Crippen LogP contribution in [0.2, 0.25) is 0 Å². The minimum atomic E-state index is 0.275. The molecular weight excluding hydrogens is 232 g/mol. The van der Waals surface area contributed by atoms with Crippen molar-refractivity contribution in [3.63, 3.8) is 0 Å². The molecule has 0 aliphatic rings. The summed E-state index contributed by atoms with van der Waals surface area (Å²) in [5, 5.41) is 3.35. The van der Waals surface area contributed by atoms with Crippen LogP contribution < -0.4 is 11.1 Å². The summed E-state index contributed by atoms with van der Waals surface area (Å²) in [6.07, 6.45) is 5.51. The molecule has 94 valence electrons. The van der Waals surface area contributed by atoms with E-state index in [9.17, 15) is 0 Å². The molecule has 0 saturated carbocycles. The lowest BCUT2D eigenvalue weighted by molar-refractivity contribution is 0.437. The van der Waals surface area contributed by atoms with Crippen molar-refractivity contribution >= 4 is 23.0 Å². The van der Waals surface area contributed by atoms with Crippen molar-refractivity contribution in [2.24, 2.45) is 11.7 Å². The van der Waals surface area contributed by atoms with Gasteiger partial charge in [-0.1, -0.05) is 38.9 Å². The quantitative estimate of drug-likeness (QED) is 0.761. The number of nitrogens with zero attached hydrogens (tertiary/aromatic N) is 2. The summed E-state index contributed by atoms with van der Waals surface area (Å²) in [4.78, 5) is 8.68. The van der Waals surface area contributed by atoms with Gasteiger partial charge in [0.25, 0.3) is 0 Å². The third-order valence-electron chi connectivity index (χ3n) is 3.05. The summed E-state index contributed by atoms with van der Waals surface area (Å²) in [6, 6.07) is 0.329. The number of aromatic nitrogens is 2. The predicted molar refractivity (Wildman–Crippen MR) is 75.1 cm³/mol. The second-order valence-electron chi connectivity index (χ2n) is 4.13. The number of anilines is 1. The number of rotatable bonds is 6. The highest BCUT2D eigenvalue weighted by Crippen LogP contribution is 2.18. The van der Waals surface area contributed by atoms with Crippen LogP contribution in [-0.4, -0.2) is 21.0 Å². The standard InChI is InChI=1S/C12H20N4S/c1-4-9(5-2)8(3)16-12-10(11(13)17)14-6-7-15-12/h6-9H,4-5H2,1-3H3,(H2,13,17)(H,15,16). The van der Waals surface area contributed by atoms with Crippen molar-refractivity contribution in [3.8, 4) is 0 Å². The normalized spacial score (nSPS) is 12.5. The van der Waals surface area contributed by atoms with Crippen LogP contribution >= 0.6 is 12.2 Å². The Morgan fingerprint density at radius 3 is 2.47 bits per heavy atom. The largest absolute Gasteiger partial charge is 0.388 e. The van der Waals surface area contributed by atoms with Gasteiger partial charge in [-0.25, -0.2) is 9.97 Å². The van der Waals surface area contributed by atoms with E-state index < -0.39 is 0 Å². The molecule has 0 aliphatic heterocycles. The molecular formula is C12H20N4S. The number of hydrogen-bond acceptors (Lipinski definition) is 4. The van der Waals surface area contributed by atoms with Gasteiger partial charge in [0.05, 0.1) is 0 Å². The van der Waals surface area contributed by atoms with Crippen molar-refractivity contribution in [2.75, 3.05) is 5.32 Å². The predicted octanol–water partition coefficient (Wildman–Crippen LogP) is 2.35. The smallest absolute Gasteiger partial charge is 0.155 e. The van der Waals surface area contributed by atoms with E-state index in [2.05, 4.69) is 36.1 Å². The van der Waals surface area contributed by atoms with Crippen LogP contribution in [0.1, 0.15) is 39.3 Å². The molecule has 1 aromatic rings. The zero-order valence-electron chi connectivity index (χ0n) is 10.6. The Morgan fingerprint density at radius 2 is 1.94 bits per heavy atom. The van der Waals surface area contributed by atoms with Crippen LogP contribution in [0, 0.1) is 5.92 Å². The molecule has 0 aromatic carbocycles. The maximum atomic E-state index is 5.62. The van der Waals surface area contributed by atoms with Crippen LogP contribution in [0.25, 0.3) is 0 Å². The van der Waals surface area contributed by atoms with Gasteiger partial charge < -0.3 is 11.1 Å². The summed E-state index contributed by atoms with van der Waals surface area (Å²) in [5.74, 6) is 1.29. The molecule has 1 aromatic heterocycles. The monoisotopic (exact) mass is 252 g/mol. The molecule has 0 aliphatic carbocycles. The van der Waals surface area contributed by atoms with E-state index in [1.165, 1.54) is 0 Å². The van der Waals surface area contributed by atoms with Gasteiger partial charge >= 0.3 is 0 Å². The highest BCUT2D eigenvalue weighted by atomic mass is 32.1. The minimum Gasteiger partial charge on any atom is -0.388 e. The third kappa shape index (κ3) is 3.63. The molecule has 5 heteroatoms. The number of hydrogen-bond donors (Lipinski definition) is 2. The maximum absolute atomic E-state index is 5.62. The average Bonchev–Trinajstić information content (AvgIpc) is 2.31. The van der Waals surface area contributed by atoms with Crippen molar-refractivity contribution in [3.05, 3.63) is 18.1 Å². The van der Waals surface area contributed by atoms with E-state index in [0.29, 0.717) is 23.5 Å². The topological polar surface area (TPSA) is 63.8 Å². The molecule has 0 bridgehead atoms. The zero-order chi connectivity index (χ0) is 12.8. The van der Waals surface area contributed by atoms with E-state index in [1.54, 1.807) is 12.4 Å². The molecule has 1 atom stereocenters. The fourth-order valence-corrected chi connectivity index (χ4v) is 2.10. The molecule has 0 amide bonds. The Bertz CT molecular complexity index is 377. The molecule has 1 heterocycles. The Morgan fingerprint density at radius 1 is 1.35 bits per heavy atom. The molecule has 1 unspecified atom stereocenters. The zero-order valence-corrected chi connectivity index (χ0v) is 11.4. The molecule has 17 heavy (non-hydrogen) atoms. The summed E-state index contributed by atoms with van der Waals surface area (Å²) in [7, 11) is 0. The average molecular weight is 252 g/mol. The van der Waals surface area contributed by atoms with E-state index in [0.717, 1.165) is 12.8 Å². The van der Waals surface area contributed by atoms with Gasteiger partial charge in [0.2, 0.25) is 0 Å². The van der Waals surface area contributed by atoms with Crippen LogP contribution in [0.5, 0.6) is 0 Å². The molecule has 0 spiro atoms. The first kappa shape index (κ1) is 13.8. The summed E-state index contributed by atoms with van der Waals surface area (Å²) in [5.41, 5.74) is 6.19. The first-order valence-electron chi connectivity index (χ1n) is 5.97. The van der Waals surface area contributed by atoms with Gasteiger partial charge in [0, 0.05) is 18.4 Å². The number of thiocarbonyl (C=S) groups is 1. The fourth-order valence-electron chi connectivity index (χ4n) is 1.95. The van der Waals surface area contributed by atoms with Gasteiger partial charge in [0.1, 0.15) is 10.7 Å². The number of nitrogens with two attached hydrogens (primary N) is 1. The second kappa shape index (κ2) is 6.49. The first-order chi connectivity index (χ1) is 8.10. The lowest BCUT2D eigenvalue weighted by Crippen LogP contribution is -2.27. The third-order valence-corrected chi connectivity index (χ3v) is 3.25. The van der Waals surface area contributed by atoms with Crippen LogP contribution in [0.4, 0.5) is 5.82 Å². The van der Waals surface area contributed by atoms with Gasteiger partial charge in [-0.15, -0.1) is 0 Å². The highest BCUT2D eigenvalue weighted by Gasteiger charge is 2.16. The highest BCUT2D eigenvalue weighted by molar-refractivity contribution is 7.80. The summed E-state index contributed by atoms with van der Waals surface area (Å²) in [6.45, 7) is 6.53. The second-order valence-corrected chi connectivity index (χ2v) is 4.57. The first-order valence-corrected chi connectivity index (χ1v) is 6.38. The summed E-state index contributed by atoms with van der Waals surface area (Å²) < 4.78 is 0. The van der Waals surface area contributed by atoms with Crippen molar-refractivity contribution in [1.82, 2.24) is 9.97 Å². The molecule has 1 rings (SSSR count). The Labute approximate surface area is 108 Å². The van der Waals surface area contributed by atoms with Crippen LogP contribution in [-0.2, 0) is 0 Å². The van der Waals surface area contributed by atoms with Crippen molar-refractivity contribution in [2.45, 2.75) is 39.7 Å². The van der Waals surface area contributed by atoms with E-state index in [1.807, 2.05) is 0 Å². The molecule has 0 saturated heterocycles. The van der Waals surface area contributed by atoms with E-state index >= 15 is 0 Å². The lowest BCUT2D eigenvalue weighted by atomic mass is 9.95. The molecule has 0 radical (unpaired) electrons. The van der Waals surface area contributed by atoms with Crippen molar-refractivity contribution in [1.29, 1.82) is 0 Å². The van der Waals surface area contributed by atoms with E-state index in [-0.39, 0.29) is 4.99 Å². The maximum Gasteiger partial charge on any atom is 0.155 e. The van der Waals surface area contributed by atoms with Gasteiger partial charge in [-0.05, 0) is 12.8 Å². The van der Waals surface area contributed by atoms with Gasteiger partial charge in [0.15, 0.2) is 5.82 Å². The van der Waals surface area contributed by atoms with Crippen LogP contribution in [0.3, 0.4) is 0 Å².